The second kappa shape index (κ2) is 4.51. The van der Waals surface area contributed by atoms with Crippen molar-refractivity contribution in [2.24, 2.45) is 0 Å². The number of nitrogens with one attached hydrogen (secondary N) is 1. The van der Waals surface area contributed by atoms with Crippen LogP contribution in [-0.2, 0) is 6.54 Å². The molecule has 0 atom stereocenters. The first-order chi connectivity index (χ1) is 7.10. The number of carbonyl (C=O) groups is 1. The first-order valence-corrected chi connectivity index (χ1v) is 4.15. The van der Waals surface area contributed by atoms with Gasteiger partial charge >= 0.3 is 5.82 Å². The lowest BCUT2D eigenvalue weighted by atomic mass is 10.3. The van der Waals surface area contributed by atoms with E-state index < -0.39 is 16.6 Å². The number of aliphatic hydroxyl groups excluding tert-OH is 1. The molecular formula is C7H10N4O4. The SMILES string of the molecule is CNC(=O)c1cn(CCO)nc1[N+](=O)[O-]. The fourth-order valence-corrected chi connectivity index (χ4v) is 1.06. The summed E-state index contributed by atoms with van der Waals surface area (Å²) in [6, 6.07) is 0. The van der Waals surface area contributed by atoms with Gasteiger partial charge in [0, 0.05) is 7.05 Å². The van der Waals surface area contributed by atoms with Crippen molar-refractivity contribution in [3.05, 3.63) is 21.9 Å². The van der Waals surface area contributed by atoms with E-state index in [0.717, 1.165) is 4.68 Å². The fraction of sp³-hybridized carbons (Fsp3) is 0.429. The summed E-state index contributed by atoms with van der Waals surface area (Å²) in [7, 11) is 1.37. The van der Waals surface area contributed by atoms with Gasteiger partial charge in [-0.05, 0) is 4.92 Å². The van der Waals surface area contributed by atoms with Crippen molar-refractivity contribution in [2.75, 3.05) is 13.7 Å². The largest absolute Gasteiger partial charge is 0.402 e. The Bertz CT molecular complexity index is 386. The molecule has 1 amide bonds. The molecule has 82 valence electrons. The van der Waals surface area contributed by atoms with Gasteiger partial charge in [-0.25, -0.2) is 0 Å². The number of hydrogen-bond donors (Lipinski definition) is 2. The highest BCUT2D eigenvalue weighted by atomic mass is 16.6. The Morgan fingerprint density at radius 3 is 2.93 bits per heavy atom. The maximum atomic E-state index is 11.2. The highest BCUT2D eigenvalue weighted by Crippen LogP contribution is 2.15. The van der Waals surface area contributed by atoms with Gasteiger partial charge in [0.05, 0.1) is 24.4 Å². The van der Waals surface area contributed by atoms with E-state index in [4.69, 9.17) is 5.11 Å². The molecule has 15 heavy (non-hydrogen) atoms. The Morgan fingerprint density at radius 2 is 2.47 bits per heavy atom. The van der Waals surface area contributed by atoms with Crippen molar-refractivity contribution in [1.29, 1.82) is 0 Å². The lowest BCUT2D eigenvalue weighted by molar-refractivity contribution is -0.390. The van der Waals surface area contributed by atoms with Crippen LogP contribution >= 0.6 is 0 Å². The number of aliphatic hydroxyl groups is 1. The summed E-state index contributed by atoms with van der Waals surface area (Å²) in [6.07, 6.45) is 1.23. The maximum absolute atomic E-state index is 11.2. The summed E-state index contributed by atoms with van der Waals surface area (Å²) in [5, 5.41) is 25.0. The Kier molecular flexibility index (Phi) is 3.34. The van der Waals surface area contributed by atoms with Crippen LogP contribution in [0.3, 0.4) is 0 Å². The summed E-state index contributed by atoms with van der Waals surface area (Å²) < 4.78 is 1.16. The van der Waals surface area contributed by atoms with Crippen molar-refractivity contribution >= 4 is 11.7 Å². The number of hydrogen-bond acceptors (Lipinski definition) is 5. The van der Waals surface area contributed by atoms with Crippen LogP contribution in [0.1, 0.15) is 10.4 Å². The van der Waals surface area contributed by atoms with Gasteiger partial charge in [-0.2, -0.15) is 4.68 Å². The molecule has 0 aliphatic carbocycles. The highest BCUT2D eigenvalue weighted by molar-refractivity contribution is 5.97. The first-order valence-electron chi connectivity index (χ1n) is 4.15. The normalized spacial score (nSPS) is 10.0. The predicted octanol–water partition coefficient (Wildman–Crippen LogP) is -0.857. The average Bonchev–Trinajstić information content (AvgIpc) is 2.61. The summed E-state index contributed by atoms with van der Waals surface area (Å²) >= 11 is 0. The van der Waals surface area contributed by atoms with Crippen LogP contribution in [0.5, 0.6) is 0 Å². The Morgan fingerprint density at radius 1 is 1.80 bits per heavy atom. The molecule has 0 aromatic carbocycles. The summed E-state index contributed by atoms with van der Waals surface area (Å²) in [6.45, 7) is -0.0934. The molecule has 0 radical (unpaired) electrons. The van der Waals surface area contributed by atoms with E-state index in [1.54, 1.807) is 0 Å². The third kappa shape index (κ3) is 2.29. The molecule has 0 unspecified atom stereocenters. The van der Waals surface area contributed by atoms with Crippen LogP contribution in [0.15, 0.2) is 6.20 Å². The molecule has 8 heteroatoms. The summed E-state index contributed by atoms with van der Waals surface area (Å²) in [5.74, 6) is -1.09. The molecule has 0 fully saturated rings. The van der Waals surface area contributed by atoms with Crippen molar-refractivity contribution < 1.29 is 14.8 Å². The van der Waals surface area contributed by atoms with E-state index >= 15 is 0 Å². The Hall–Kier alpha value is -1.96. The number of aromatic nitrogens is 2. The molecule has 0 aliphatic heterocycles. The van der Waals surface area contributed by atoms with Crippen molar-refractivity contribution in [1.82, 2.24) is 15.1 Å². The van der Waals surface area contributed by atoms with Gasteiger partial charge in [0.15, 0.2) is 5.56 Å². The zero-order valence-electron chi connectivity index (χ0n) is 8.01. The standard InChI is InChI=1S/C7H10N4O4/c1-8-7(13)5-4-10(2-3-12)9-6(5)11(14)15/h4,12H,2-3H2,1H3,(H,8,13). The van der Waals surface area contributed by atoms with E-state index in [1.165, 1.54) is 13.2 Å². The topological polar surface area (TPSA) is 110 Å². The van der Waals surface area contributed by atoms with Crippen LogP contribution in [0, 0.1) is 10.1 Å². The molecule has 1 rings (SSSR count). The smallest absolute Gasteiger partial charge is 0.394 e. The van der Waals surface area contributed by atoms with Crippen molar-refractivity contribution in [2.45, 2.75) is 6.54 Å². The molecule has 0 spiro atoms. The molecule has 1 aromatic heterocycles. The molecule has 0 saturated heterocycles. The minimum Gasteiger partial charge on any atom is -0.394 e. The van der Waals surface area contributed by atoms with Crippen molar-refractivity contribution in [3.63, 3.8) is 0 Å². The fourth-order valence-electron chi connectivity index (χ4n) is 1.06. The van der Waals surface area contributed by atoms with Gasteiger partial charge in [0.2, 0.25) is 0 Å². The number of amides is 1. The maximum Gasteiger partial charge on any atom is 0.402 e. The summed E-state index contributed by atoms with van der Waals surface area (Å²) in [4.78, 5) is 21.0. The average molecular weight is 214 g/mol. The number of rotatable bonds is 4. The molecular weight excluding hydrogens is 204 g/mol. The molecule has 0 aliphatic rings. The zero-order chi connectivity index (χ0) is 11.4. The molecule has 8 nitrogen and oxygen atoms in total. The Labute approximate surface area is 84.7 Å². The second-order valence-electron chi connectivity index (χ2n) is 2.69. The molecule has 1 aromatic rings. The number of nitrogens with zero attached hydrogens (tertiary/aromatic N) is 3. The quantitative estimate of drug-likeness (QED) is 0.500. The van der Waals surface area contributed by atoms with E-state index in [1.807, 2.05) is 0 Å². The van der Waals surface area contributed by atoms with Gasteiger partial charge in [-0.15, -0.1) is 0 Å². The van der Waals surface area contributed by atoms with Crippen LogP contribution in [-0.4, -0.2) is 39.4 Å². The number of carbonyl (C=O) groups excluding carboxylic acids is 1. The van der Waals surface area contributed by atoms with E-state index in [0.29, 0.717) is 0 Å². The molecule has 1 heterocycles. The van der Waals surface area contributed by atoms with Gasteiger partial charge in [0.25, 0.3) is 5.91 Å². The van der Waals surface area contributed by atoms with E-state index in [2.05, 4.69) is 10.4 Å². The van der Waals surface area contributed by atoms with Crippen LogP contribution < -0.4 is 5.32 Å². The minimum absolute atomic E-state index is 0.109. The van der Waals surface area contributed by atoms with E-state index in [9.17, 15) is 14.9 Å². The van der Waals surface area contributed by atoms with Crippen molar-refractivity contribution in [3.8, 4) is 0 Å². The third-order valence-electron chi connectivity index (χ3n) is 1.72. The lowest BCUT2D eigenvalue weighted by Crippen LogP contribution is -2.18. The first kappa shape index (κ1) is 11.1. The molecule has 2 N–H and O–H groups in total. The van der Waals surface area contributed by atoms with Gasteiger partial charge in [0.1, 0.15) is 0 Å². The zero-order valence-corrected chi connectivity index (χ0v) is 8.01. The minimum atomic E-state index is -0.738. The Balaban J connectivity index is 3.11. The monoisotopic (exact) mass is 214 g/mol. The predicted molar refractivity (Wildman–Crippen MR) is 49.4 cm³/mol. The number of nitro groups is 1. The van der Waals surface area contributed by atoms with Crippen LogP contribution in [0.25, 0.3) is 0 Å². The second-order valence-corrected chi connectivity index (χ2v) is 2.69. The molecule has 0 saturated carbocycles. The highest BCUT2D eigenvalue weighted by Gasteiger charge is 2.25. The van der Waals surface area contributed by atoms with Gasteiger partial charge in [-0.3, -0.25) is 4.79 Å². The van der Waals surface area contributed by atoms with Crippen LogP contribution in [0.2, 0.25) is 0 Å². The summed E-state index contributed by atoms with van der Waals surface area (Å²) in [5.41, 5.74) is -0.115. The lowest BCUT2D eigenvalue weighted by Gasteiger charge is -1.93. The third-order valence-corrected chi connectivity index (χ3v) is 1.72. The van der Waals surface area contributed by atoms with Gasteiger partial charge in [-0.1, -0.05) is 0 Å². The van der Waals surface area contributed by atoms with E-state index in [-0.39, 0.29) is 18.7 Å². The van der Waals surface area contributed by atoms with Crippen LogP contribution in [0.4, 0.5) is 5.82 Å². The molecule has 0 bridgehead atoms. The van der Waals surface area contributed by atoms with Gasteiger partial charge < -0.3 is 20.5 Å².